The Morgan fingerprint density at radius 1 is 1.23 bits per heavy atom. The molecule has 1 aliphatic heterocycles. The van der Waals surface area contributed by atoms with Crippen molar-refractivity contribution in [3.8, 4) is 0 Å². The van der Waals surface area contributed by atoms with Gasteiger partial charge < -0.3 is 5.32 Å². The number of nitrogens with zero attached hydrogens (tertiary/aromatic N) is 3. The fourth-order valence-electron chi connectivity index (χ4n) is 2.97. The van der Waals surface area contributed by atoms with Crippen LogP contribution in [0.1, 0.15) is 46.9 Å². The Kier molecular flexibility index (Phi) is 6.00. The largest absolute Gasteiger partial charge is 0.320 e. The summed E-state index contributed by atoms with van der Waals surface area (Å²) in [5.41, 5.74) is 0.712. The van der Waals surface area contributed by atoms with Crippen LogP contribution in [0.3, 0.4) is 0 Å². The monoisotopic (exact) mass is 394 g/mol. The van der Waals surface area contributed by atoms with Crippen LogP contribution in [0, 0.1) is 0 Å². The lowest BCUT2D eigenvalue weighted by Gasteiger charge is -2.29. The van der Waals surface area contributed by atoms with Gasteiger partial charge in [0.15, 0.2) is 0 Å². The maximum Gasteiger partial charge on any atom is 0.286 e. The van der Waals surface area contributed by atoms with E-state index in [1.807, 2.05) is 37.3 Å². The smallest absolute Gasteiger partial charge is 0.286 e. The summed E-state index contributed by atoms with van der Waals surface area (Å²) < 4.78 is 25.9. The first-order valence-corrected chi connectivity index (χ1v) is 11.1. The molecule has 0 bridgehead atoms. The van der Waals surface area contributed by atoms with E-state index in [4.69, 9.17) is 0 Å². The van der Waals surface area contributed by atoms with Crippen LogP contribution >= 0.6 is 11.3 Å². The Morgan fingerprint density at radius 3 is 2.58 bits per heavy atom. The van der Waals surface area contributed by atoms with Gasteiger partial charge in [0.25, 0.3) is 5.91 Å². The van der Waals surface area contributed by atoms with Crippen molar-refractivity contribution in [1.29, 1.82) is 0 Å². The van der Waals surface area contributed by atoms with Crippen LogP contribution in [0.2, 0.25) is 0 Å². The first kappa shape index (κ1) is 18.9. The summed E-state index contributed by atoms with van der Waals surface area (Å²) in [5.74, 6) is 0.0714. The number of rotatable bonds is 6. The zero-order valence-electron chi connectivity index (χ0n) is 14.6. The minimum Gasteiger partial charge on any atom is -0.320 e. The van der Waals surface area contributed by atoms with Gasteiger partial charge in [0.05, 0.1) is 5.75 Å². The molecule has 3 rings (SSSR count). The first-order chi connectivity index (χ1) is 12.5. The van der Waals surface area contributed by atoms with Crippen molar-refractivity contribution in [2.45, 2.75) is 32.1 Å². The highest BCUT2D eigenvalue weighted by Gasteiger charge is 2.30. The summed E-state index contributed by atoms with van der Waals surface area (Å²) in [6.07, 6.45) is 2.04. The minimum atomic E-state index is -3.15. The number of anilines is 1. The fraction of sp³-hybridized carbons (Fsp3) is 0.471. The lowest BCUT2D eigenvalue weighted by atomic mass is 9.99. The Bertz CT molecular complexity index is 844. The normalized spacial score (nSPS) is 16.5. The molecule has 0 aliphatic carbocycles. The first-order valence-electron chi connectivity index (χ1n) is 8.67. The molecule has 0 atom stereocenters. The molecule has 9 heteroatoms. The average molecular weight is 395 g/mol. The summed E-state index contributed by atoms with van der Waals surface area (Å²) in [7, 11) is -3.15. The molecular weight excluding hydrogens is 372 g/mol. The van der Waals surface area contributed by atoms with E-state index in [1.54, 1.807) is 4.31 Å². The Balaban J connectivity index is 1.60. The van der Waals surface area contributed by atoms with E-state index in [-0.39, 0.29) is 17.6 Å². The van der Waals surface area contributed by atoms with E-state index in [0.29, 0.717) is 43.0 Å². The van der Waals surface area contributed by atoms with Crippen molar-refractivity contribution in [3.05, 3.63) is 40.3 Å². The molecule has 0 saturated carbocycles. The van der Waals surface area contributed by atoms with Crippen LogP contribution in [0.15, 0.2) is 30.3 Å². The molecule has 1 N–H and O–H groups in total. The molecule has 2 heterocycles. The zero-order chi connectivity index (χ0) is 18.6. The van der Waals surface area contributed by atoms with Crippen LogP contribution < -0.4 is 5.32 Å². The van der Waals surface area contributed by atoms with Gasteiger partial charge in [-0.2, -0.15) is 0 Å². The third-order valence-corrected chi connectivity index (χ3v) is 7.49. The van der Waals surface area contributed by atoms with Gasteiger partial charge in [-0.05, 0) is 31.4 Å². The predicted octanol–water partition coefficient (Wildman–Crippen LogP) is 2.71. The number of amides is 1. The summed E-state index contributed by atoms with van der Waals surface area (Å²) in [6.45, 7) is 2.86. The number of piperidine rings is 1. The van der Waals surface area contributed by atoms with E-state index < -0.39 is 10.0 Å². The van der Waals surface area contributed by atoms with Gasteiger partial charge in [-0.3, -0.25) is 4.79 Å². The quantitative estimate of drug-likeness (QED) is 0.813. The molecule has 0 unspecified atom stereocenters. The number of sulfonamides is 1. The average Bonchev–Trinajstić information content (AvgIpc) is 3.13. The maximum absolute atomic E-state index is 12.3. The number of carbonyl (C=O) groups excluding carboxylic acids is 1. The van der Waals surface area contributed by atoms with Crippen molar-refractivity contribution in [3.63, 3.8) is 0 Å². The summed E-state index contributed by atoms with van der Waals surface area (Å²) >= 11 is 1.28. The number of hydrogen-bond donors (Lipinski definition) is 1. The van der Waals surface area contributed by atoms with E-state index in [0.717, 1.165) is 5.01 Å². The van der Waals surface area contributed by atoms with Crippen molar-refractivity contribution in [2.75, 3.05) is 24.2 Å². The second-order valence-corrected chi connectivity index (χ2v) is 9.35. The van der Waals surface area contributed by atoms with Gasteiger partial charge in [-0.1, -0.05) is 36.5 Å². The topological polar surface area (TPSA) is 92.3 Å². The van der Waals surface area contributed by atoms with Crippen molar-refractivity contribution in [1.82, 2.24) is 14.5 Å². The highest BCUT2D eigenvalue weighted by atomic mass is 32.2. The Labute approximate surface area is 157 Å². The number of benzene rings is 1. The molecule has 0 radical (unpaired) electrons. The number of hydrogen-bond acceptors (Lipinski definition) is 6. The van der Waals surface area contributed by atoms with Crippen LogP contribution in [0.25, 0.3) is 0 Å². The molecule has 1 aromatic heterocycles. The molecule has 1 saturated heterocycles. The van der Waals surface area contributed by atoms with Crippen molar-refractivity contribution >= 4 is 33.0 Å². The maximum atomic E-state index is 12.3. The number of aromatic nitrogens is 2. The van der Waals surface area contributed by atoms with Gasteiger partial charge in [0.2, 0.25) is 15.0 Å². The molecule has 2 aromatic rings. The van der Waals surface area contributed by atoms with E-state index in [2.05, 4.69) is 15.5 Å². The second kappa shape index (κ2) is 8.24. The van der Waals surface area contributed by atoms with Crippen LogP contribution in [-0.2, 0) is 10.0 Å². The van der Waals surface area contributed by atoms with E-state index in [9.17, 15) is 13.2 Å². The van der Waals surface area contributed by atoms with Gasteiger partial charge >= 0.3 is 0 Å². The summed E-state index contributed by atoms with van der Waals surface area (Å²) in [5, 5.41) is 12.1. The lowest BCUT2D eigenvalue weighted by molar-refractivity contribution is 0.102. The third kappa shape index (κ3) is 4.46. The highest BCUT2D eigenvalue weighted by Crippen LogP contribution is 2.31. The van der Waals surface area contributed by atoms with Crippen molar-refractivity contribution < 1.29 is 13.2 Å². The molecular formula is C17H22N4O3S2. The highest BCUT2D eigenvalue weighted by molar-refractivity contribution is 7.89. The van der Waals surface area contributed by atoms with Crippen molar-refractivity contribution in [2.24, 2.45) is 0 Å². The molecule has 26 heavy (non-hydrogen) atoms. The minimum absolute atomic E-state index is 0.152. The van der Waals surface area contributed by atoms with E-state index >= 15 is 0 Å². The van der Waals surface area contributed by atoms with Gasteiger partial charge in [0.1, 0.15) is 5.01 Å². The fourth-order valence-corrected chi connectivity index (χ4v) is 5.41. The Morgan fingerprint density at radius 2 is 1.92 bits per heavy atom. The predicted molar refractivity (Wildman–Crippen MR) is 102 cm³/mol. The van der Waals surface area contributed by atoms with Gasteiger partial charge in [-0.25, -0.2) is 12.7 Å². The van der Waals surface area contributed by atoms with Crippen LogP contribution in [0.5, 0.6) is 0 Å². The standard InChI is InChI=1S/C17H22N4O3S2/c1-2-12-26(23,24)21-10-8-13(9-11-21)16-19-20-17(25-16)15(22)18-14-6-4-3-5-7-14/h3-7,13H,2,8-12H2,1H3,(H,18,22). The summed E-state index contributed by atoms with van der Waals surface area (Å²) in [6, 6.07) is 9.20. The Hall–Kier alpha value is -1.84. The third-order valence-electron chi connectivity index (χ3n) is 4.33. The molecule has 7 nitrogen and oxygen atoms in total. The molecule has 1 amide bonds. The van der Waals surface area contributed by atoms with Gasteiger partial charge in [-0.15, -0.1) is 10.2 Å². The number of para-hydroxylation sites is 1. The summed E-state index contributed by atoms with van der Waals surface area (Å²) in [4.78, 5) is 12.3. The molecule has 0 spiro atoms. The van der Waals surface area contributed by atoms with E-state index in [1.165, 1.54) is 11.3 Å². The number of carbonyl (C=O) groups is 1. The molecule has 1 fully saturated rings. The molecule has 140 valence electrons. The van der Waals surface area contributed by atoms with Crippen LogP contribution in [-0.4, -0.2) is 47.7 Å². The number of nitrogens with one attached hydrogen (secondary N) is 1. The molecule has 1 aliphatic rings. The SMILES string of the molecule is CCCS(=O)(=O)N1CCC(c2nnc(C(=O)Nc3ccccc3)s2)CC1. The zero-order valence-corrected chi connectivity index (χ0v) is 16.2. The molecule has 1 aromatic carbocycles. The van der Waals surface area contributed by atoms with Gasteiger partial charge in [0, 0.05) is 24.7 Å². The van der Waals surface area contributed by atoms with Crippen LogP contribution in [0.4, 0.5) is 5.69 Å². The lowest BCUT2D eigenvalue weighted by Crippen LogP contribution is -2.39. The second-order valence-electron chi connectivity index (χ2n) is 6.25.